The van der Waals surface area contributed by atoms with Crippen LogP contribution in [0.3, 0.4) is 0 Å². The van der Waals surface area contributed by atoms with Crippen molar-refractivity contribution in [2.75, 3.05) is 47.1 Å². The van der Waals surface area contributed by atoms with Crippen LogP contribution in [0, 0.1) is 0 Å². The van der Waals surface area contributed by atoms with Crippen LogP contribution in [0.5, 0.6) is 5.88 Å². The summed E-state index contributed by atoms with van der Waals surface area (Å²) in [5.41, 5.74) is 3.83. The number of aliphatic hydroxyl groups is 1. The first-order valence-corrected chi connectivity index (χ1v) is 12.5. The van der Waals surface area contributed by atoms with Gasteiger partial charge in [0.25, 0.3) is 0 Å². The monoisotopic (exact) mass is 529 g/mol. The van der Waals surface area contributed by atoms with Crippen LogP contribution in [0.4, 0.5) is 5.69 Å². The third-order valence-electron chi connectivity index (χ3n) is 6.25. The van der Waals surface area contributed by atoms with Crippen molar-refractivity contribution in [3.63, 3.8) is 0 Å². The Morgan fingerprint density at radius 2 is 1.67 bits per heavy atom. The van der Waals surface area contributed by atoms with E-state index >= 15 is 0 Å². The van der Waals surface area contributed by atoms with Crippen LogP contribution in [-0.4, -0.2) is 84.6 Å². The molecule has 4 aromatic rings. The Balaban J connectivity index is 1.60. The molecule has 1 aromatic heterocycles. The maximum atomic E-state index is 12.6. The van der Waals surface area contributed by atoms with Crippen LogP contribution in [-0.2, 0) is 9.47 Å². The van der Waals surface area contributed by atoms with Crippen molar-refractivity contribution in [2.24, 2.45) is 4.99 Å². The molecule has 0 aliphatic heterocycles. The Kier molecular flexibility index (Phi) is 9.22. The van der Waals surface area contributed by atoms with Gasteiger partial charge in [0.1, 0.15) is 6.61 Å². The molecule has 0 unspecified atom stereocenters. The van der Waals surface area contributed by atoms with E-state index in [1.165, 1.54) is 7.11 Å². The lowest BCUT2D eigenvalue weighted by molar-refractivity contribution is 0.0600. The van der Waals surface area contributed by atoms with Crippen LogP contribution in [0.25, 0.3) is 10.9 Å². The summed E-state index contributed by atoms with van der Waals surface area (Å²) in [5.74, 6) is -0.698. The lowest BCUT2D eigenvalue weighted by Crippen LogP contribution is -2.27. The molecule has 0 amide bonds. The first kappa shape index (κ1) is 27.7. The standard InChI is InChI=1S/C30H31N3O6/c1-33(14-16-34)15-17-39-19-26(35)20-8-11-23(12-9-20)31-28(21-6-4-3-5-7-21)27-24-13-10-22(30(37)38-2)18-25(24)32-29(27)36/h3-13,18,32,34,36H,14-17,19H2,1-2H3. The number of carbonyl (C=O) groups excluding carboxylic acids is 2. The molecule has 1 heterocycles. The Morgan fingerprint density at radius 3 is 2.36 bits per heavy atom. The smallest absolute Gasteiger partial charge is 0.337 e. The molecule has 0 atom stereocenters. The fraction of sp³-hybridized carbons (Fsp3) is 0.233. The molecular formula is C30H31N3O6. The molecule has 3 N–H and O–H groups in total. The molecule has 0 aliphatic rings. The summed E-state index contributed by atoms with van der Waals surface area (Å²) >= 11 is 0. The van der Waals surface area contributed by atoms with Gasteiger partial charge in [0.05, 0.1) is 42.8 Å². The van der Waals surface area contributed by atoms with Gasteiger partial charge < -0.3 is 29.6 Å². The van der Waals surface area contributed by atoms with Crippen molar-refractivity contribution in [2.45, 2.75) is 0 Å². The van der Waals surface area contributed by atoms with E-state index in [2.05, 4.69) is 4.98 Å². The van der Waals surface area contributed by atoms with Gasteiger partial charge in [-0.25, -0.2) is 9.79 Å². The summed E-state index contributed by atoms with van der Waals surface area (Å²) in [5, 5.41) is 20.5. The van der Waals surface area contributed by atoms with E-state index < -0.39 is 5.97 Å². The summed E-state index contributed by atoms with van der Waals surface area (Å²) < 4.78 is 10.3. The molecule has 0 fully saturated rings. The van der Waals surface area contributed by atoms with Crippen LogP contribution < -0.4 is 0 Å². The highest BCUT2D eigenvalue weighted by molar-refractivity contribution is 6.22. The number of aliphatic imine (C=N–C) groups is 1. The number of methoxy groups -OCH3 is 1. The summed E-state index contributed by atoms with van der Waals surface area (Å²) in [6.45, 7) is 1.60. The highest BCUT2D eigenvalue weighted by atomic mass is 16.5. The fourth-order valence-electron chi connectivity index (χ4n) is 4.13. The average Bonchev–Trinajstić information content (AvgIpc) is 3.29. The third-order valence-corrected chi connectivity index (χ3v) is 6.25. The minimum Gasteiger partial charge on any atom is -0.494 e. The molecule has 202 valence electrons. The SMILES string of the molecule is COC(=O)c1ccc2c(C(=Nc3ccc(C(=O)COCCN(C)CCO)cc3)c3ccccc3)c(O)[nH]c2c1. The Morgan fingerprint density at radius 1 is 0.949 bits per heavy atom. The maximum Gasteiger partial charge on any atom is 0.337 e. The van der Waals surface area contributed by atoms with E-state index in [9.17, 15) is 14.7 Å². The van der Waals surface area contributed by atoms with Gasteiger partial charge in [-0.2, -0.15) is 0 Å². The zero-order valence-corrected chi connectivity index (χ0v) is 21.9. The molecule has 0 bridgehead atoms. The summed E-state index contributed by atoms with van der Waals surface area (Å²) in [6, 6.07) is 21.3. The fourth-order valence-corrected chi connectivity index (χ4v) is 4.13. The number of ketones is 1. The van der Waals surface area contributed by atoms with Gasteiger partial charge in [0.2, 0.25) is 0 Å². The summed E-state index contributed by atoms with van der Waals surface area (Å²) in [7, 11) is 3.19. The number of Topliss-reactive ketones (excluding diaryl/α,β-unsaturated/α-hetero) is 1. The molecule has 0 radical (unpaired) electrons. The lowest BCUT2D eigenvalue weighted by Gasteiger charge is -2.14. The van der Waals surface area contributed by atoms with Gasteiger partial charge in [0, 0.05) is 35.1 Å². The van der Waals surface area contributed by atoms with Crippen molar-refractivity contribution in [3.05, 3.63) is 95.1 Å². The summed E-state index contributed by atoms with van der Waals surface area (Å²) in [6.07, 6.45) is 0. The number of nitrogens with zero attached hydrogens (tertiary/aromatic N) is 2. The minimum absolute atomic E-state index is 0.0401. The number of esters is 1. The number of aromatic amines is 1. The van der Waals surface area contributed by atoms with Crippen LogP contribution in [0.15, 0.2) is 77.8 Å². The van der Waals surface area contributed by atoms with Gasteiger partial charge in [0.15, 0.2) is 11.7 Å². The number of benzene rings is 3. The second-order valence-electron chi connectivity index (χ2n) is 8.98. The quantitative estimate of drug-likeness (QED) is 0.110. The molecule has 0 spiro atoms. The number of aliphatic hydroxyl groups excluding tert-OH is 1. The normalized spacial score (nSPS) is 11.7. The Bertz CT molecular complexity index is 1460. The van der Waals surface area contributed by atoms with E-state index in [4.69, 9.17) is 19.6 Å². The number of H-pyrrole nitrogens is 1. The first-order chi connectivity index (χ1) is 18.9. The Hall–Kier alpha value is -4.31. The number of carbonyl (C=O) groups is 2. The van der Waals surface area contributed by atoms with E-state index in [-0.39, 0.29) is 24.9 Å². The number of aromatic nitrogens is 1. The maximum absolute atomic E-state index is 12.6. The number of rotatable bonds is 12. The van der Waals surface area contributed by atoms with Crippen molar-refractivity contribution < 1.29 is 29.3 Å². The lowest BCUT2D eigenvalue weighted by atomic mass is 10.00. The number of aromatic hydroxyl groups is 1. The van der Waals surface area contributed by atoms with E-state index in [1.807, 2.05) is 42.3 Å². The van der Waals surface area contributed by atoms with Gasteiger partial charge in [-0.3, -0.25) is 4.79 Å². The molecule has 0 saturated heterocycles. The molecular weight excluding hydrogens is 498 g/mol. The molecule has 9 heteroatoms. The largest absolute Gasteiger partial charge is 0.494 e. The van der Waals surface area contributed by atoms with Crippen molar-refractivity contribution >= 4 is 34.1 Å². The van der Waals surface area contributed by atoms with Gasteiger partial charge in [-0.05, 0) is 43.4 Å². The predicted molar refractivity (Wildman–Crippen MR) is 149 cm³/mol. The van der Waals surface area contributed by atoms with Crippen molar-refractivity contribution in [1.82, 2.24) is 9.88 Å². The number of nitrogens with one attached hydrogen (secondary N) is 1. The molecule has 9 nitrogen and oxygen atoms in total. The minimum atomic E-state index is -0.474. The highest BCUT2D eigenvalue weighted by Crippen LogP contribution is 2.32. The molecule has 0 saturated carbocycles. The van der Waals surface area contributed by atoms with E-state index in [0.717, 1.165) is 5.56 Å². The van der Waals surface area contributed by atoms with Crippen LogP contribution in [0.1, 0.15) is 31.8 Å². The van der Waals surface area contributed by atoms with Crippen LogP contribution in [0.2, 0.25) is 0 Å². The van der Waals surface area contributed by atoms with Gasteiger partial charge in [-0.1, -0.05) is 36.4 Å². The zero-order chi connectivity index (χ0) is 27.8. The molecule has 0 aliphatic carbocycles. The third kappa shape index (κ3) is 6.77. The Labute approximate surface area is 226 Å². The number of hydrogen-bond donors (Lipinski definition) is 3. The second-order valence-corrected chi connectivity index (χ2v) is 8.98. The second kappa shape index (κ2) is 13.0. The predicted octanol–water partition coefficient (Wildman–Crippen LogP) is 3.95. The number of hydrogen-bond acceptors (Lipinski definition) is 8. The number of ether oxygens (including phenoxy) is 2. The highest BCUT2D eigenvalue weighted by Gasteiger charge is 2.20. The van der Waals surface area contributed by atoms with Gasteiger partial charge >= 0.3 is 5.97 Å². The topological polar surface area (TPSA) is 124 Å². The summed E-state index contributed by atoms with van der Waals surface area (Å²) in [4.78, 5) is 34.2. The molecule has 4 rings (SSSR count). The average molecular weight is 530 g/mol. The zero-order valence-electron chi connectivity index (χ0n) is 21.9. The van der Waals surface area contributed by atoms with E-state index in [0.29, 0.717) is 58.7 Å². The van der Waals surface area contributed by atoms with Crippen LogP contribution >= 0.6 is 0 Å². The number of likely N-dealkylation sites (N-methyl/N-ethyl adjacent to an activating group) is 1. The first-order valence-electron chi connectivity index (χ1n) is 12.5. The number of fused-ring (bicyclic) bond motifs is 1. The molecule has 3 aromatic carbocycles. The van der Waals surface area contributed by atoms with Crippen molar-refractivity contribution in [3.8, 4) is 5.88 Å². The van der Waals surface area contributed by atoms with E-state index in [1.54, 1.807) is 42.5 Å². The van der Waals surface area contributed by atoms with Gasteiger partial charge in [-0.15, -0.1) is 0 Å². The molecule has 39 heavy (non-hydrogen) atoms. The van der Waals surface area contributed by atoms with Crippen molar-refractivity contribution in [1.29, 1.82) is 0 Å².